The van der Waals surface area contributed by atoms with Gasteiger partial charge in [-0.25, -0.2) is 0 Å². The van der Waals surface area contributed by atoms with Gasteiger partial charge in [0.15, 0.2) is 5.78 Å². The third kappa shape index (κ3) is 2.89. The molecule has 3 heteroatoms. The lowest BCUT2D eigenvalue weighted by Gasteiger charge is -2.11. The Morgan fingerprint density at radius 1 is 1.05 bits per heavy atom. The standard InChI is InChI=1S/C17H17NO2/c18-16(12-4-2-1-3-5-12)17(19)13-6-8-14(9-7-13)20-15-10-11-15/h1-9,15-16H,10-11,18H2. The molecule has 1 aliphatic rings. The van der Waals surface area contributed by atoms with E-state index in [-0.39, 0.29) is 5.78 Å². The Morgan fingerprint density at radius 3 is 2.30 bits per heavy atom. The molecule has 1 fully saturated rings. The van der Waals surface area contributed by atoms with Crippen molar-refractivity contribution in [1.29, 1.82) is 0 Å². The smallest absolute Gasteiger partial charge is 0.184 e. The topological polar surface area (TPSA) is 52.3 Å². The molecule has 0 saturated heterocycles. The summed E-state index contributed by atoms with van der Waals surface area (Å²) in [5, 5.41) is 0. The van der Waals surface area contributed by atoms with Gasteiger partial charge in [-0.3, -0.25) is 4.79 Å². The molecule has 2 N–H and O–H groups in total. The van der Waals surface area contributed by atoms with Gasteiger partial charge in [0, 0.05) is 5.56 Å². The first kappa shape index (κ1) is 12.9. The highest BCUT2D eigenvalue weighted by atomic mass is 16.5. The molecule has 0 amide bonds. The number of hydrogen-bond donors (Lipinski definition) is 1. The van der Waals surface area contributed by atoms with Gasteiger partial charge in [-0.1, -0.05) is 30.3 Å². The minimum Gasteiger partial charge on any atom is -0.490 e. The lowest BCUT2D eigenvalue weighted by molar-refractivity contribution is 0.0961. The summed E-state index contributed by atoms with van der Waals surface area (Å²) in [6, 6.07) is 16.0. The summed E-state index contributed by atoms with van der Waals surface area (Å²) in [6.07, 6.45) is 2.61. The van der Waals surface area contributed by atoms with E-state index in [1.54, 1.807) is 12.1 Å². The van der Waals surface area contributed by atoms with Crippen LogP contribution >= 0.6 is 0 Å². The zero-order valence-electron chi connectivity index (χ0n) is 11.2. The predicted molar refractivity (Wildman–Crippen MR) is 77.8 cm³/mol. The van der Waals surface area contributed by atoms with Crippen molar-refractivity contribution in [2.75, 3.05) is 0 Å². The lowest BCUT2D eigenvalue weighted by atomic mass is 9.98. The molecule has 2 aromatic rings. The Hall–Kier alpha value is -2.13. The van der Waals surface area contributed by atoms with Gasteiger partial charge in [-0.15, -0.1) is 0 Å². The first-order valence-electron chi connectivity index (χ1n) is 6.85. The number of benzene rings is 2. The number of Topliss-reactive ketones (excluding diaryl/α,β-unsaturated/α-hetero) is 1. The van der Waals surface area contributed by atoms with Crippen molar-refractivity contribution in [2.24, 2.45) is 5.73 Å². The van der Waals surface area contributed by atoms with E-state index >= 15 is 0 Å². The molecule has 3 nitrogen and oxygen atoms in total. The maximum atomic E-state index is 12.3. The van der Waals surface area contributed by atoms with E-state index in [9.17, 15) is 4.79 Å². The third-order valence-corrected chi connectivity index (χ3v) is 3.41. The summed E-state index contributed by atoms with van der Waals surface area (Å²) in [5.41, 5.74) is 7.46. The molecular weight excluding hydrogens is 250 g/mol. The van der Waals surface area contributed by atoms with Gasteiger partial charge < -0.3 is 10.5 Å². The van der Waals surface area contributed by atoms with E-state index in [0.29, 0.717) is 11.7 Å². The second-order valence-electron chi connectivity index (χ2n) is 5.09. The minimum absolute atomic E-state index is 0.0748. The Bertz CT molecular complexity index is 588. The second-order valence-corrected chi connectivity index (χ2v) is 5.09. The highest BCUT2D eigenvalue weighted by Crippen LogP contribution is 2.27. The Balaban J connectivity index is 1.72. The van der Waals surface area contributed by atoms with Crippen LogP contribution < -0.4 is 10.5 Å². The summed E-state index contributed by atoms with van der Waals surface area (Å²) in [7, 11) is 0. The van der Waals surface area contributed by atoms with Crippen molar-refractivity contribution in [3.05, 3.63) is 65.7 Å². The summed E-state index contributed by atoms with van der Waals surface area (Å²) >= 11 is 0. The quantitative estimate of drug-likeness (QED) is 0.847. The van der Waals surface area contributed by atoms with Crippen molar-refractivity contribution >= 4 is 5.78 Å². The van der Waals surface area contributed by atoms with E-state index in [1.807, 2.05) is 42.5 Å². The highest BCUT2D eigenvalue weighted by molar-refractivity contribution is 6.00. The molecule has 3 rings (SSSR count). The van der Waals surface area contributed by atoms with Crippen molar-refractivity contribution in [1.82, 2.24) is 0 Å². The molecule has 1 unspecified atom stereocenters. The average Bonchev–Trinajstić information content (AvgIpc) is 3.31. The first-order valence-corrected chi connectivity index (χ1v) is 6.85. The van der Waals surface area contributed by atoms with Crippen LogP contribution in [0.25, 0.3) is 0 Å². The van der Waals surface area contributed by atoms with E-state index < -0.39 is 6.04 Å². The maximum Gasteiger partial charge on any atom is 0.184 e. The molecule has 2 aromatic carbocycles. The van der Waals surface area contributed by atoms with Gasteiger partial charge in [-0.2, -0.15) is 0 Å². The van der Waals surface area contributed by atoms with Gasteiger partial charge in [0.2, 0.25) is 0 Å². The van der Waals surface area contributed by atoms with Gasteiger partial charge in [0.25, 0.3) is 0 Å². The third-order valence-electron chi connectivity index (χ3n) is 3.41. The molecule has 1 saturated carbocycles. The zero-order valence-corrected chi connectivity index (χ0v) is 11.2. The lowest BCUT2D eigenvalue weighted by Crippen LogP contribution is -2.21. The molecule has 0 aromatic heterocycles. The van der Waals surface area contributed by atoms with E-state index in [2.05, 4.69) is 0 Å². The number of nitrogens with two attached hydrogens (primary N) is 1. The number of hydrogen-bond acceptors (Lipinski definition) is 3. The van der Waals surface area contributed by atoms with E-state index in [0.717, 1.165) is 24.2 Å². The average molecular weight is 267 g/mol. The fourth-order valence-corrected chi connectivity index (χ4v) is 2.07. The highest BCUT2D eigenvalue weighted by Gasteiger charge is 2.23. The van der Waals surface area contributed by atoms with E-state index in [4.69, 9.17) is 10.5 Å². The van der Waals surface area contributed by atoms with Crippen LogP contribution in [-0.2, 0) is 0 Å². The summed E-state index contributed by atoms with van der Waals surface area (Å²) in [5.74, 6) is 0.742. The summed E-state index contributed by atoms with van der Waals surface area (Å²) in [6.45, 7) is 0. The summed E-state index contributed by atoms with van der Waals surface area (Å²) < 4.78 is 5.66. The molecule has 1 atom stereocenters. The van der Waals surface area contributed by atoms with Crippen LogP contribution in [0.1, 0.15) is 34.8 Å². The van der Waals surface area contributed by atoms with Crippen LogP contribution in [0.15, 0.2) is 54.6 Å². The minimum atomic E-state index is -0.619. The van der Waals surface area contributed by atoms with Crippen molar-refractivity contribution in [3.63, 3.8) is 0 Å². The summed E-state index contributed by atoms with van der Waals surface area (Å²) in [4.78, 5) is 12.3. The molecule has 0 radical (unpaired) electrons. The number of ketones is 1. The van der Waals surface area contributed by atoms with Crippen LogP contribution in [0.5, 0.6) is 5.75 Å². The Kier molecular flexibility index (Phi) is 3.52. The number of carbonyl (C=O) groups excluding carboxylic acids is 1. The number of carbonyl (C=O) groups is 1. The Morgan fingerprint density at radius 2 is 1.70 bits per heavy atom. The number of rotatable bonds is 5. The van der Waals surface area contributed by atoms with E-state index in [1.165, 1.54) is 0 Å². The normalized spacial score (nSPS) is 15.7. The molecule has 0 aliphatic heterocycles. The van der Waals surface area contributed by atoms with Gasteiger partial charge >= 0.3 is 0 Å². The SMILES string of the molecule is NC(C(=O)c1ccc(OC2CC2)cc1)c1ccccc1. The number of ether oxygens (including phenoxy) is 1. The fourth-order valence-electron chi connectivity index (χ4n) is 2.07. The van der Waals surface area contributed by atoms with Gasteiger partial charge in [0.1, 0.15) is 5.75 Å². The molecule has 0 heterocycles. The van der Waals surface area contributed by atoms with Gasteiger partial charge in [0.05, 0.1) is 12.1 Å². The molecule has 1 aliphatic carbocycles. The van der Waals surface area contributed by atoms with Crippen LogP contribution in [0.4, 0.5) is 0 Å². The van der Waals surface area contributed by atoms with Crippen LogP contribution in [0, 0.1) is 0 Å². The monoisotopic (exact) mass is 267 g/mol. The van der Waals surface area contributed by atoms with Crippen molar-refractivity contribution in [3.8, 4) is 5.75 Å². The molecule has 0 spiro atoms. The second kappa shape index (κ2) is 5.47. The Labute approximate surface area is 118 Å². The molecule has 20 heavy (non-hydrogen) atoms. The molecule has 0 bridgehead atoms. The van der Waals surface area contributed by atoms with Crippen LogP contribution in [0.3, 0.4) is 0 Å². The fraction of sp³-hybridized carbons (Fsp3) is 0.235. The molecule has 102 valence electrons. The van der Waals surface area contributed by atoms with Crippen LogP contribution in [0.2, 0.25) is 0 Å². The van der Waals surface area contributed by atoms with Crippen molar-refractivity contribution in [2.45, 2.75) is 25.0 Å². The predicted octanol–water partition coefficient (Wildman–Crippen LogP) is 3.11. The van der Waals surface area contributed by atoms with Crippen LogP contribution in [-0.4, -0.2) is 11.9 Å². The zero-order chi connectivity index (χ0) is 13.9. The van der Waals surface area contributed by atoms with Crippen molar-refractivity contribution < 1.29 is 9.53 Å². The largest absolute Gasteiger partial charge is 0.490 e. The van der Waals surface area contributed by atoms with Gasteiger partial charge in [-0.05, 0) is 42.7 Å². The maximum absolute atomic E-state index is 12.3. The molecular formula is C17H17NO2. The first-order chi connectivity index (χ1) is 9.74.